The van der Waals surface area contributed by atoms with Crippen LogP contribution >= 0.6 is 15.9 Å². The van der Waals surface area contributed by atoms with Gasteiger partial charge in [-0.15, -0.1) is 10.2 Å². The molecule has 0 N–H and O–H groups in total. The van der Waals surface area contributed by atoms with Crippen LogP contribution in [0.1, 0.15) is 5.89 Å². The Morgan fingerprint density at radius 2 is 1.81 bits per heavy atom. The predicted molar refractivity (Wildman–Crippen MR) is 78.2 cm³/mol. The average Bonchev–Trinajstić information content (AvgIpc) is 2.96. The first-order valence-corrected chi connectivity index (χ1v) is 6.97. The summed E-state index contributed by atoms with van der Waals surface area (Å²) >= 11 is 3.35. The average molecular weight is 349 g/mol. The first-order valence-electron chi connectivity index (χ1n) is 6.18. The fraction of sp³-hybridized carbons (Fsp3) is 0.0667. The lowest BCUT2D eigenvalue weighted by Crippen LogP contribution is -1.95. The Bertz CT molecular complexity index is 743. The zero-order valence-corrected chi connectivity index (χ0v) is 12.4. The molecular weight excluding hydrogens is 339 g/mol. The van der Waals surface area contributed by atoms with Crippen LogP contribution in [0, 0.1) is 5.82 Å². The molecule has 4 nitrogen and oxygen atoms in total. The Labute approximate surface area is 128 Å². The van der Waals surface area contributed by atoms with Crippen LogP contribution in [0.15, 0.2) is 57.4 Å². The number of hydrogen-bond acceptors (Lipinski definition) is 4. The molecule has 0 bridgehead atoms. The van der Waals surface area contributed by atoms with E-state index in [1.807, 2.05) is 24.3 Å². The number of rotatable bonds is 4. The highest BCUT2D eigenvalue weighted by atomic mass is 79.9. The summed E-state index contributed by atoms with van der Waals surface area (Å²) in [6.07, 6.45) is 0. The Hall–Kier alpha value is -2.21. The highest BCUT2D eigenvalue weighted by Gasteiger charge is 2.12. The van der Waals surface area contributed by atoms with E-state index < -0.39 is 5.82 Å². The van der Waals surface area contributed by atoms with E-state index in [2.05, 4.69) is 26.1 Å². The van der Waals surface area contributed by atoms with Crippen LogP contribution in [0.5, 0.6) is 5.75 Å². The van der Waals surface area contributed by atoms with E-state index in [1.54, 1.807) is 18.2 Å². The SMILES string of the molecule is Fc1ccccc1-c1nnc(COc2ccc(Br)cc2)o1. The van der Waals surface area contributed by atoms with Gasteiger partial charge in [0.05, 0.1) is 5.56 Å². The molecule has 106 valence electrons. The molecule has 0 saturated heterocycles. The van der Waals surface area contributed by atoms with Gasteiger partial charge in [-0.05, 0) is 36.4 Å². The van der Waals surface area contributed by atoms with Crippen molar-refractivity contribution >= 4 is 15.9 Å². The van der Waals surface area contributed by atoms with Gasteiger partial charge >= 0.3 is 0 Å². The van der Waals surface area contributed by atoms with Crippen LogP contribution in [-0.2, 0) is 6.61 Å². The van der Waals surface area contributed by atoms with E-state index in [4.69, 9.17) is 9.15 Å². The number of halogens is 2. The summed E-state index contributed by atoms with van der Waals surface area (Å²) in [7, 11) is 0. The molecule has 0 aliphatic carbocycles. The predicted octanol–water partition coefficient (Wildman–Crippen LogP) is 4.22. The van der Waals surface area contributed by atoms with E-state index in [0.29, 0.717) is 5.75 Å². The molecule has 2 aromatic carbocycles. The molecule has 0 aliphatic heterocycles. The van der Waals surface area contributed by atoms with Crippen molar-refractivity contribution in [1.82, 2.24) is 10.2 Å². The van der Waals surface area contributed by atoms with Crippen LogP contribution in [0.25, 0.3) is 11.5 Å². The van der Waals surface area contributed by atoms with Crippen LogP contribution in [-0.4, -0.2) is 10.2 Å². The zero-order valence-electron chi connectivity index (χ0n) is 10.8. The largest absolute Gasteiger partial charge is 0.484 e. The molecule has 0 saturated carbocycles. The molecule has 0 radical (unpaired) electrons. The van der Waals surface area contributed by atoms with Gasteiger partial charge in [0.2, 0.25) is 0 Å². The van der Waals surface area contributed by atoms with Crippen molar-refractivity contribution < 1.29 is 13.5 Å². The fourth-order valence-corrected chi connectivity index (χ4v) is 2.00. The standard InChI is InChI=1S/C15H10BrFN2O2/c16-10-5-7-11(8-6-10)20-9-14-18-19-15(21-14)12-3-1-2-4-13(12)17/h1-8H,9H2. The van der Waals surface area contributed by atoms with Gasteiger partial charge in [-0.25, -0.2) is 4.39 Å². The van der Waals surface area contributed by atoms with Crippen molar-refractivity contribution in [1.29, 1.82) is 0 Å². The zero-order chi connectivity index (χ0) is 14.7. The van der Waals surface area contributed by atoms with E-state index in [0.717, 1.165) is 4.47 Å². The molecule has 21 heavy (non-hydrogen) atoms. The third kappa shape index (κ3) is 3.28. The monoisotopic (exact) mass is 348 g/mol. The Kier molecular flexibility index (Phi) is 3.96. The normalized spacial score (nSPS) is 10.6. The molecule has 1 heterocycles. The molecule has 1 aromatic heterocycles. The molecule has 0 unspecified atom stereocenters. The second-order valence-electron chi connectivity index (χ2n) is 4.22. The maximum Gasteiger partial charge on any atom is 0.254 e. The van der Waals surface area contributed by atoms with Crippen molar-refractivity contribution in [2.75, 3.05) is 0 Å². The summed E-state index contributed by atoms with van der Waals surface area (Å²) in [4.78, 5) is 0. The number of ether oxygens (including phenoxy) is 1. The molecule has 3 aromatic rings. The fourth-order valence-electron chi connectivity index (χ4n) is 1.73. The molecule has 0 atom stereocenters. The van der Waals surface area contributed by atoms with E-state index in [-0.39, 0.29) is 24.0 Å². The van der Waals surface area contributed by atoms with Crippen molar-refractivity contribution in [2.45, 2.75) is 6.61 Å². The van der Waals surface area contributed by atoms with Crippen molar-refractivity contribution in [2.24, 2.45) is 0 Å². The number of nitrogens with zero attached hydrogens (tertiary/aromatic N) is 2. The van der Waals surface area contributed by atoms with Gasteiger partial charge in [-0.3, -0.25) is 0 Å². The minimum absolute atomic E-state index is 0.128. The van der Waals surface area contributed by atoms with E-state index in [9.17, 15) is 4.39 Å². The van der Waals surface area contributed by atoms with Gasteiger partial charge in [0, 0.05) is 4.47 Å². The van der Waals surface area contributed by atoms with Gasteiger partial charge in [-0.1, -0.05) is 28.1 Å². The van der Waals surface area contributed by atoms with E-state index in [1.165, 1.54) is 6.07 Å². The first-order chi connectivity index (χ1) is 10.2. The van der Waals surface area contributed by atoms with Gasteiger partial charge in [-0.2, -0.15) is 0 Å². The summed E-state index contributed by atoms with van der Waals surface area (Å²) in [5, 5.41) is 7.68. The van der Waals surface area contributed by atoms with Crippen LogP contribution < -0.4 is 4.74 Å². The summed E-state index contributed by atoms with van der Waals surface area (Å²) < 4.78 is 25.5. The molecular formula is C15H10BrFN2O2. The van der Waals surface area contributed by atoms with Crippen molar-refractivity contribution in [3.8, 4) is 17.2 Å². The lowest BCUT2D eigenvalue weighted by molar-refractivity contribution is 0.264. The minimum Gasteiger partial charge on any atom is -0.484 e. The van der Waals surface area contributed by atoms with Crippen LogP contribution in [0.3, 0.4) is 0 Å². The maximum atomic E-state index is 13.6. The minimum atomic E-state index is -0.401. The van der Waals surface area contributed by atoms with Gasteiger partial charge in [0.1, 0.15) is 11.6 Å². The second kappa shape index (κ2) is 6.05. The molecule has 0 spiro atoms. The van der Waals surface area contributed by atoms with E-state index >= 15 is 0 Å². The quantitative estimate of drug-likeness (QED) is 0.708. The van der Waals surface area contributed by atoms with Gasteiger partial charge in [0.15, 0.2) is 6.61 Å². The summed E-state index contributed by atoms with van der Waals surface area (Å²) in [5.41, 5.74) is 0.278. The molecule has 3 rings (SSSR count). The summed E-state index contributed by atoms with van der Waals surface area (Å²) in [6, 6.07) is 13.6. The highest BCUT2D eigenvalue weighted by Crippen LogP contribution is 2.22. The van der Waals surface area contributed by atoms with Gasteiger partial charge < -0.3 is 9.15 Å². The third-order valence-corrected chi connectivity index (χ3v) is 3.28. The smallest absolute Gasteiger partial charge is 0.254 e. The second-order valence-corrected chi connectivity index (χ2v) is 5.14. The van der Waals surface area contributed by atoms with Crippen molar-refractivity contribution in [3.05, 3.63) is 64.7 Å². The molecule has 0 aliphatic rings. The molecule has 6 heteroatoms. The lowest BCUT2D eigenvalue weighted by atomic mass is 10.2. The topological polar surface area (TPSA) is 48.2 Å². The molecule has 0 fully saturated rings. The van der Waals surface area contributed by atoms with Crippen molar-refractivity contribution in [3.63, 3.8) is 0 Å². The third-order valence-electron chi connectivity index (χ3n) is 2.75. The Morgan fingerprint density at radius 1 is 1.05 bits per heavy atom. The Morgan fingerprint density at radius 3 is 2.57 bits per heavy atom. The van der Waals surface area contributed by atoms with Crippen LogP contribution in [0.2, 0.25) is 0 Å². The molecule has 0 amide bonds. The van der Waals surface area contributed by atoms with Crippen LogP contribution in [0.4, 0.5) is 4.39 Å². The summed E-state index contributed by atoms with van der Waals surface area (Å²) in [5.74, 6) is 0.712. The maximum absolute atomic E-state index is 13.6. The lowest BCUT2D eigenvalue weighted by Gasteiger charge is -2.02. The Balaban J connectivity index is 1.71. The number of aromatic nitrogens is 2. The highest BCUT2D eigenvalue weighted by molar-refractivity contribution is 9.10. The summed E-state index contributed by atoms with van der Waals surface area (Å²) in [6.45, 7) is 0.128. The van der Waals surface area contributed by atoms with Gasteiger partial charge in [0.25, 0.3) is 11.8 Å². The number of hydrogen-bond donors (Lipinski definition) is 0. The number of benzene rings is 2. The first kappa shape index (κ1) is 13.8.